The van der Waals surface area contributed by atoms with Gasteiger partial charge in [0.05, 0.1) is 4.90 Å². The minimum Gasteiger partial charge on any atom is -0.368 e. The molecule has 0 fully saturated rings. The Morgan fingerprint density at radius 3 is 2.52 bits per heavy atom. The van der Waals surface area contributed by atoms with Crippen molar-refractivity contribution < 1.29 is 17.6 Å². The average Bonchev–Trinajstić information content (AvgIpc) is 2.44. The summed E-state index contributed by atoms with van der Waals surface area (Å²) in [6.07, 6.45) is 0.736. The molecule has 0 aliphatic heterocycles. The minimum atomic E-state index is -0.928. The molecule has 0 radical (unpaired) electrons. The normalized spacial score (nSPS) is 10.7. The molecule has 7 heteroatoms. The molecule has 112 valence electrons. The lowest BCUT2D eigenvalue weighted by atomic mass is 10.3. The molecule has 1 aromatic carbocycles. The SMILES string of the molecule is CCCNc1nc(Sc2cc(F)ccc2F)c(F)cc1F. The van der Waals surface area contributed by atoms with Gasteiger partial charge in [0, 0.05) is 12.6 Å². The molecular weight excluding hydrogens is 304 g/mol. The zero-order valence-electron chi connectivity index (χ0n) is 11.1. The van der Waals surface area contributed by atoms with Crippen LogP contribution < -0.4 is 5.32 Å². The maximum atomic E-state index is 13.7. The molecule has 0 unspecified atom stereocenters. The summed E-state index contributed by atoms with van der Waals surface area (Å²) in [5, 5.41) is 2.49. The molecule has 0 aliphatic rings. The highest BCUT2D eigenvalue weighted by molar-refractivity contribution is 7.99. The molecule has 21 heavy (non-hydrogen) atoms. The summed E-state index contributed by atoms with van der Waals surface area (Å²) < 4.78 is 53.9. The molecule has 1 aromatic heterocycles. The standard InChI is InChI=1S/C14H12F4N2S/c1-2-5-19-13-10(17)7-11(18)14(20-13)21-12-6-8(15)3-4-9(12)16/h3-4,6-7H,2,5H2,1H3,(H,19,20). The van der Waals surface area contributed by atoms with Crippen molar-refractivity contribution in [3.8, 4) is 0 Å². The minimum absolute atomic E-state index is 0.113. The first kappa shape index (κ1) is 15.6. The van der Waals surface area contributed by atoms with Crippen molar-refractivity contribution in [1.82, 2.24) is 4.98 Å². The monoisotopic (exact) mass is 316 g/mol. The Morgan fingerprint density at radius 2 is 1.81 bits per heavy atom. The number of benzene rings is 1. The number of aromatic nitrogens is 1. The predicted octanol–water partition coefficient (Wildman–Crippen LogP) is 4.61. The van der Waals surface area contributed by atoms with Crippen LogP contribution in [0.25, 0.3) is 0 Å². The van der Waals surface area contributed by atoms with E-state index in [2.05, 4.69) is 10.3 Å². The molecule has 0 spiro atoms. The fourth-order valence-corrected chi connectivity index (χ4v) is 2.39. The second kappa shape index (κ2) is 6.80. The van der Waals surface area contributed by atoms with Gasteiger partial charge < -0.3 is 5.32 Å². The molecule has 0 bridgehead atoms. The van der Waals surface area contributed by atoms with Crippen molar-refractivity contribution in [2.24, 2.45) is 0 Å². The van der Waals surface area contributed by atoms with Gasteiger partial charge in [-0.25, -0.2) is 22.5 Å². The predicted molar refractivity (Wildman–Crippen MR) is 73.4 cm³/mol. The zero-order chi connectivity index (χ0) is 15.4. The number of pyridine rings is 1. The number of nitrogens with one attached hydrogen (secondary N) is 1. The largest absolute Gasteiger partial charge is 0.368 e. The third-order valence-electron chi connectivity index (χ3n) is 2.54. The second-order valence-electron chi connectivity index (χ2n) is 4.21. The Balaban J connectivity index is 2.32. The van der Waals surface area contributed by atoms with Crippen molar-refractivity contribution in [2.45, 2.75) is 23.3 Å². The summed E-state index contributed by atoms with van der Waals surface area (Å²) >= 11 is 0.604. The van der Waals surface area contributed by atoms with E-state index in [0.717, 1.165) is 24.6 Å². The highest BCUT2D eigenvalue weighted by Crippen LogP contribution is 2.32. The molecule has 0 saturated heterocycles. The molecule has 1 N–H and O–H groups in total. The molecule has 0 saturated carbocycles. The Hall–Kier alpha value is -1.76. The Labute approximate surface area is 123 Å². The van der Waals surface area contributed by atoms with Crippen LogP contribution >= 0.6 is 11.8 Å². The number of nitrogens with zero attached hydrogens (tertiary/aromatic N) is 1. The fraction of sp³-hybridized carbons (Fsp3) is 0.214. The maximum Gasteiger partial charge on any atom is 0.168 e. The van der Waals surface area contributed by atoms with E-state index in [4.69, 9.17) is 0 Å². The van der Waals surface area contributed by atoms with Crippen molar-refractivity contribution in [3.63, 3.8) is 0 Å². The van der Waals surface area contributed by atoms with Gasteiger partial charge in [-0.05, 0) is 24.6 Å². The van der Waals surface area contributed by atoms with Gasteiger partial charge in [0.1, 0.15) is 16.7 Å². The van der Waals surface area contributed by atoms with Gasteiger partial charge in [0.25, 0.3) is 0 Å². The quantitative estimate of drug-likeness (QED) is 0.815. The summed E-state index contributed by atoms with van der Waals surface area (Å²) in [4.78, 5) is 3.67. The van der Waals surface area contributed by atoms with Gasteiger partial charge in [-0.2, -0.15) is 0 Å². The lowest BCUT2D eigenvalue weighted by Gasteiger charge is -2.09. The van der Waals surface area contributed by atoms with E-state index in [1.54, 1.807) is 0 Å². The summed E-state index contributed by atoms with van der Waals surface area (Å²) in [5.41, 5.74) is 0. The number of hydrogen-bond acceptors (Lipinski definition) is 3. The average molecular weight is 316 g/mol. The lowest BCUT2D eigenvalue weighted by Crippen LogP contribution is -2.06. The summed E-state index contributed by atoms with van der Waals surface area (Å²) in [6, 6.07) is 3.51. The molecule has 1 heterocycles. The van der Waals surface area contributed by atoms with Crippen LogP contribution in [0.4, 0.5) is 23.4 Å². The smallest absolute Gasteiger partial charge is 0.168 e. The Bertz CT molecular complexity index is 649. The molecule has 0 amide bonds. The van der Waals surface area contributed by atoms with Gasteiger partial charge in [0.2, 0.25) is 0 Å². The van der Waals surface area contributed by atoms with Gasteiger partial charge in [-0.3, -0.25) is 0 Å². The molecule has 0 atom stereocenters. The van der Waals surface area contributed by atoms with E-state index in [0.29, 0.717) is 24.4 Å². The maximum absolute atomic E-state index is 13.7. The summed E-state index contributed by atoms with van der Waals surface area (Å²) in [6.45, 7) is 2.35. The van der Waals surface area contributed by atoms with Crippen LogP contribution in [0.1, 0.15) is 13.3 Å². The third kappa shape index (κ3) is 3.87. The van der Waals surface area contributed by atoms with Gasteiger partial charge in [-0.15, -0.1) is 0 Å². The van der Waals surface area contributed by atoms with Crippen molar-refractivity contribution in [2.75, 3.05) is 11.9 Å². The van der Waals surface area contributed by atoms with Crippen molar-refractivity contribution >= 4 is 17.6 Å². The fourth-order valence-electron chi connectivity index (χ4n) is 1.55. The Morgan fingerprint density at radius 1 is 1.05 bits per heavy atom. The van der Waals surface area contributed by atoms with E-state index in [9.17, 15) is 17.6 Å². The van der Waals surface area contributed by atoms with Crippen LogP contribution in [-0.2, 0) is 0 Å². The van der Waals surface area contributed by atoms with Gasteiger partial charge in [-0.1, -0.05) is 18.7 Å². The molecule has 2 nitrogen and oxygen atoms in total. The highest BCUT2D eigenvalue weighted by atomic mass is 32.2. The molecule has 0 aliphatic carbocycles. The topological polar surface area (TPSA) is 24.9 Å². The summed E-state index contributed by atoms with van der Waals surface area (Å²) in [7, 11) is 0. The van der Waals surface area contributed by atoms with Gasteiger partial charge in [0.15, 0.2) is 17.5 Å². The molecule has 2 rings (SSSR count). The van der Waals surface area contributed by atoms with Crippen molar-refractivity contribution in [3.05, 3.63) is 47.5 Å². The first-order chi connectivity index (χ1) is 10.0. The number of halogens is 4. The van der Waals surface area contributed by atoms with Crippen LogP contribution in [-0.4, -0.2) is 11.5 Å². The van der Waals surface area contributed by atoms with E-state index in [1.807, 2.05) is 6.92 Å². The van der Waals surface area contributed by atoms with Crippen LogP contribution in [0.15, 0.2) is 34.2 Å². The number of anilines is 1. The Kier molecular flexibility index (Phi) is 5.06. The lowest BCUT2D eigenvalue weighted by molar-refractivity contribution is 0.549. The first-order valence-corrected chi connectivity index (χ1v) is 7.05. The van der Waals surface area contributed by atoms with Gasteiger partial charge >= 0.3 is 0 Å². The zero-order valence-corrected chi connectivity index (χ0v) is 11.9. The van der Waals surface area contributed by atoms with E-state index >= 15 is 0 Å². The van der Waals surface area contributed by atoms with E-state index in [-0.39, 0.29) is 15.7 Å². The molecule has 2 aromatic rings. The third-order valence-corrected chi connectivity index (χ3v) is 3.55. The van der Waals surface area contributed by atoms with Crippen molar-refractivity contribution in [1.29, 1.82) is 0 Å². The molecular formula is C14H12F4N2S. The van der Waals surface area contributed by atoms with Crippen LogP contribution in [0, 0.1) is 23.3 Å². The number of hydrogen-bond donors (Lipinski definition) is 1. The second-order valence-corrected chi connectivity index (χ2v) is 5.24. The van der Waals surface area contributed by atoms with Crippen LogP contribution in [0.5, 0.6) is 0 Å². The van der Waals surface area contributed by atoms with Crippen LogP contribution in [0.2, 0.25) is 0 Å². The highest BCUT2D eigenvalue weighted by Gasteiger charge is 2.15. The van der Waals surface area contributed by atoms with E-state index < -0.39 is 23.3 Å². The number of rotatable bonds is 5. The summed E-state index contributed by atoms with van der Waals surface area (Å²) in [5.74, 6) is -3.22. The van der Waals surface area contributed by atoms with Crippen LogP contribution in [0.3, 0.4) is 0 Å². The van der Waals surface area contributed by atoms with E-state index in [1.165, 1.54) is 0 Å². The first-order valence-electron chi connectivity index (χ1n) is 6.24.